The van der Waals surface area contributed by atoms with Crippen LogP contribution in [-0.2, 0) is 11.0 Å². The van der Waals surface area contributed by atoms with Crippen LogP contribution in [-0.4, -0.2) is 14.8 Å². The topological polar surface area (TPSA) is 30.7 Å². The summed E-state index contributed by atoms with van der Waals surface area (Å²) in [6.45, 7) is 8.95. The second-order valence-electron chi connectivity index (χ2n) is 6.04. The van der Waals surface area contributed by atoms with Crippen LogP contribution in [0.1, 0.15) is 65.6 Å². The first-order valence-corrected chi connectivity index (χ1v) is 6.40. The molecule has 1 heterocycles. The van der Waals surface area contributed by atoms with E-state index in [1.54, 1.807) is 0 Å². The lowest BCUT2D eigenvalue weighted by atomic mass is 9.82. The van der Waals surface area contributed by atoms with Gasteiger partial charge in [0.2, 0.25) is 0 Å². The summed E-state index contributed by atoms with van der Waals surface area (Å²) >= 11 is 0. The predicted octanol–water partition coefficient (Wildman–Crippen LogP) is 3.25. The summed E-state index contributed by atoms with van der Waals surface area (Å²) in [5.41, 5.74) is 0.382. The molecule has 1 aliphatic rings. The average molecular weight is 221 g/mol. The Morgan fingerprint density at radius 3 is 2.44 bits per heavy atom. The summed E-state index contributed by atoms with van der Waals surface area (Å²) in [6.07, 6.45) is 8.30. The second-order valence-corrected chi connectivity index (χ2v) is 6.04. The normalized spacial score (nSPS) is 20.2. The summed E-state index contributed by atoms with van der Waals surface area (Å²) in [5, 5.41) is 8.56. The quantitative estimate of drug-likeness (QED) is 0.767. The highest BCUT2D eigenvalue weighted by Crippen LogP contribution is 2.43. The van der Waals surface area contributed by atoms with E-state index in [1.807, 2.05) is 6.33 Å². The molecule has 3 nitrogen and oxygen atoms in total. The lowest BCUT2D eigenvalue weighted by molar-refractivity contribution is 0.316. The molecule has 0 aliphatic heterocycles. The van der Waals surface area contributed by atoms with Crippen LogP contribution in [0.15, 0.2) is 6.33 Å². The summed E-state index contributed by atoms with van der Waals surface area (Å²) in [6, 6.07) is 0. The zero-order valence-corrected chi connectivity index (χ0v) is 11.0. The third-order valence-electron chi connectivity index (χ3n) is 3.98. The van der Waals surface area contributed by atoms with Gasteiger partial charge >= 0.3 is 0 Å². The fraction of sp³-hybridized carbons (Fsp3) is 0.846. The first-order valence-electron chi connectivity index (χ1n) is 6.40. The van der Waals surface area contributed by atoms with Crippen LogP contribution < -0.4 is 0 Å². The van der Waals surface area contributed by atoms with E-state index in [2.05, 4.69) is 42.5 Å². The van der Waals surface area contributed by atoms with E-state index in [-0.39, 0.29) is 5.54 Å². The van der Waals surface area contributed by atoms with Crippen molar-refractivity contribution in [3.05, 3.63) is 12.2 Å². The molecule has 0 saturated heterocycles. The van der Waals surface area contributed by atoms with E-state index in [1.165, 1.54) is 37.9 Å². The highest BCUT2D eigenvalue weighted by atomic mass is 15.3. The van der Waals surface area contributed by atoms with Crippen molar-refractivity contribution >= 4 is 0 Å². The molecule has 1 aromatic heterocycles. The second kappa shape index (κ2) is 3.86. The number of hydrogen-bond donors (Lipinski definition) is 0. The minimum atomic E-state index is 0.0869. The Labute approximate surface area is 98.3 Å². The number of nitrogens with zero attached hydrogens (tertiary/aromatic N) is 3. The highest BCUT2D eigenvalue weighted by Gasteiger charge is 2.39. The molecule has 0 unspecified atom stereocenters. The zero-order valence-electron chi connectivity index (χ0n) is 11.0. The Morgan fingerprint density at radius 1 is 1.31 bits per heavy atom. The van der Waals surface area contributed by atoms with Crippen LogP contribution in [0, 0.1) is 0 Å². The van der Waals surface area contributed by atoms with Gasteiger partial charge in [0.25, 0.3) is 0 Å². The molecule has 0 radical (unpaired) electrons. The van der Waals surface area contributed by atoms with Gasteiger partial charge in [-0.05, 0) is 40.0 Å². The van der Waals surface area contributed by atoms with E-state index < -0.39 is 0 Å². The van der Waals surface area contributed by atoms with Gasteiger partial charge in [-0.25, -0.2) is 0 Å². The lowest BCUT2D eigenvalue weighted by Crippen LogP contribution is -2.32. The number of rotatable bonds is 2. The minimum absolute atomic E-state index is 0.0869. The standard InChI is InChI=1S/C13H23N3/c1-5-13(8-6-7-9-13)11-15-14-10-16(11)12(2,3)4/h10H,5-9H2,1-4H3. The molecule has 3 heteroatoms. The Kier molecular flexibility index (Phi) is 2.81. The summed E-state index contributed by atoms with van der Waals surface area (Å²) < 4.78 is 2.27. The van der Waals surface area contributed by atoms with Crippen molar-refractivity contribution in [2.45, 2.75) is 70.8 Å². The van der Waals surface area contributed by atoms with Gasteiger partial charge in [0.1, 0.15) is 12.2 Å². The molecule has 1 aromatic rings. The fourth-order valence-electron chi connectivity index (χ4n) is 2.87. The van der Waals surface area contributed by atoms with E-state index in [9.17, 15) is 0 Å². The molecule has 0 bridgehead atoms. The summed E-state index contributed by atoms with van der Waals surface area (Å²) in [5.74, 6) is 1.21. The lowest BCUT2D eigenvalue weighted by Gasteiger charge is -2.31. The zero-order chi connectivity index (χ0) is 11.8. The van der Waals surface area contributed by atoms with E-state index >= 15 is 0 Å². The molecule has 16 heavy (non-hydrogen) atoms. The largest absolute Gasteiger partial charge is 0.312 e. The van der Waals surface area contributed by atoms with Crippen molar-refractivity contribution in [2.24, 2.45) is 0 Å². The van der Waals surface area contributed by atoms with Gasteiger partial charge < -0.3 is 4.57 Å². The van der Waals surface area contributed by atoms with E-state index in [4.69, 9.17) is 0 Å². The van der Waals surface area contributed by atoms with Crippen molar-refractivity contribution in [3.8, 4) is 0 Å². The molecule has 0 N–H and O–H groups in total. The first-order chi connectivity index (χ1) is 7.49. The van der Waals surface area contributed by atoms with Gasteiger partial charge in [0.15, 0.2) is 0 Å². The fourth-order valence-corrected chi connectivity index (χ4v) is 2.87. The molecule has 0 spiro atoms. The van der Waals surface area contributed by atoms with Crippen molar-refractivity contribution in [1.82, 2.24) is 14.8 Å². The van der Waals surface area contributed by atoms with Crippen LogP contribution in [0.4, 0.5) is 0 Å². The van der Waals surface area contributed by atoms with Gasteiger partial charge in [-0.3, -0.25) is 0 Å². The smallest absolute Gasteiger partial charge is 0.139 e. The highest BCUT2D eigenvalue weighted by molar-refractivity contribution is 5.12. The Bertz CT molecular complexity index is 353. The average Bonchev–Trinajstić information content (AvgIpc) is 2.86. The minimum Gasteiger partial charge on any atom is -0.312 e. The maximum Gasteiger partial charge on any atom is 0.139 e. The molecule has 1 saturated carbocycles. The van der Waals surface area contributed by atoms with Crippen molar-refractivity contribution in [1.29, 1.82) is 0 Å². The predicted molar refractivity (Wildman–Crippen MR) is 65.5 cm³/mol. The van der Waals surface area contributed by atoms with Crippen LogP contribution in [0.25, 0.3) is 0 Å². The third kappa shape index (κ3) is 1.76. The third-order valence-corrected chi connectivity index (χ3v) is 3.98. The van der Waals surface area contributed by atoms with Crippen molar-refractivity contribution in [2.75, 3.05) is 0 Å². The number of aromatic nitrogens is 3. The van der Waals surface area contributed by atoms with Crippen molar-refractivity contribution in [3.63, 3.8) is 0 Å². The maximum absolute atomic E-state index is 4.42. The van der Waals surface area contributed by atoms with Gasteiger partial charge in [-0.1, -0.05) is 19.8 Å². The van der Waals surface area contributed by atoms with Gasteiger partial charge in [0, 0.05) is 11.0 Å². The summed E-state index contributed by atoms with van der Waals surface area (Å²) in [7, 11) is 0. The monoisotopic (exact) mass is 221 g/mol. The van der Waals surface area contributed by atoms with Crippen LogP contribution >= 0.6 is 0 Å². The Balaban J connectivity index is 2.43. The van der Waals surface area contributed by atoms with Gasteiger partial charge in [-0.2, -0.15) is 0 Å². The first kappa shape index (κ1) is 11.6. The number of hydrogen-bond acceptors (Lipinski definition) is 2. The molecule has 0 atom stereocenters. The molecule has 1 fully saturated rings. The molecular formula is C13H23N3. The van der Waals surface area contributed by atoms with Crippen molar-refractivity contribution < 1.29 is 0 Å². The molecule has 90 valence electrons. The molecule has 1 aliphatic carbocycles. The Hall–Kier alpha value is -0.860. The van der Waals surface area contributed by atoms with E-state index in [0.29, 0.717) is 5.41 Å². The van der Waals surface area contributed by atoms with Crippen LogP contribution in [0.3, 0.4) is 0 Å². The molecular weight excluding hydrogens is 198 g/mol. The molecule has 0 aromatic carbocycles. The van der Waals surface area contributed by atoms with Crippen LogP contribution in [0.5, 0.6) is 0 Å². The van der Waals surface area contributed by atoms with Gasteiger partial charge in [0.05, 0.1) is 0 Å². The van der Waals surface area contributed by atoms with E-state index in [0.717, 1.165) is 0 Å². The maximum atomic E-state index is 4.42. The molecule has 2 rings (SSSR count). The summed E-state index contributed by atoms with van der Waals surface area (Å²) in [4.78, 5) is 0. The Morgan fingerprint density at radius 2 is 1.94 bits per heavy atom. The molecule has 0 amide bonds. The van der Waals surface area contributed by atoms with Gasteiger partial charge in [-0.15, -0.1) is 10.2 Å². The van der Waals surface area contributed by atoms with Crippen LogP contribution in [0.2, 0.25) is 0 Å². The SMILES string of the molecule is CCC1(c2nncn2C(C)(C)C)CCCC1.